The Labute approximate surface area is 150 Å². The van der Waals surface area contributed by atoms with Gasteiger partial charge in [-0.05, 0) is 36.2 Å². The number of carbonyl (C=O) groups is 2. The van der Waals surface area contributed by atoms with E-state index in [0.29, 0.717) is 11.3 Å². The maximum absolute atomic E-state index is 13.7. The van der Waals surface area contributed by atoms with Gasteiger partial charge in [0.05, 0.1) is 7.11 Å². The molecule has 2 N–H and O–H groups in total. The number of rotatable bonds is 8. The minimum absolute atomic E-state index is 0.0641. The van der Waals surface area contributed by atoms with Gasteiger partial charge in [0.2, 0.25) is 0 Å². The monoisotopic (exact) mass is 361 g/mol. The summed E-state index contributed by atoms with van der Waals surface area (Å²) in [6.07, 6.45) is -0.776. The number of para-hydroxylation sites is 1. The molecule has 6 nitrogen and oxygen atoms in total. The number of nitrogens with one attached hydrogen (secondary N) is 1. The second-order valence-electron chi connectivity index (χ2n) is 5.50. The average Bonchev–Trinajstić information content (AvgIpc) is 2.65. The van der Waals surface area contributed by atoms with Gasteiger partial charge in [0, 0.05) is 0 Å². The largest absolute Gasteiger partial charge is 0.497 e. The molecule has 0 aromatic heterocycles. The van der Waals surface area contributed by atoms with Crippen LogP contribution in [0.2, 0.25) is 0 Å². The summed E-state index contributed by atoms with van der Waals surface area (Å²) in [4.78, 5) is 24.0. The van der Waals surface area contributed by atoms with Crippen LogP contribution in [0, 0.1) is 5.82 Å². The van der Waals surface area contributed by atoms with Crippen molar-refractivity contribution in [3.8, 4) is 11.5 Å². The normalized spacial score (nSPS) is 12.7. The van der Waals surface area contributed by atoms with E-state index in [9.17, 15) is 19.1 Å². The van der Waals surface area contributed by atoms with Gasteiger partial charge in [-0.1, -0.05) is 31.2 Å². The highest BCUT2D eigenvalue weighted by molar-refractivity contribution is 5.87. The van der Waals surface area contributed by atoms with Crippen LogP contribution >= 0.6 is 0 Å². The predicted octanol–water partition coefficient (Wildman–Crippen LogP) is 2.93. The van der Waals surface area contributed by atoms with Crippen LogP contribution in [0.4, 0.5) is 4.39 Å². The summed E-state index contributed by atoms with van der Waals surface area (Å²) in [7, 11) is 1.50. The Morgan fingerprint density at radius 2 is 1.81 bits per heavy atom. The molecule has 0 saturated heterocycles. The van der Waals surface area contributed by atoms with Gasteiger partial charge >= 0.3 is 5.97 Å². The average molecular weight is 361 g/mol. The zero-order valence-electron chi connectivity index (χ0n) is 14.4. The topological polar surface area (TPSA) is 84.9 Å². The molecule has 2 unspecified atom stereocenters. The third-order valence-electron chi connectivity index (χ3n) is 3.75. The lowest BCUT2D eigenvalue weighted by Gasteiger charge is -2.21. The first-order valence-electron chi connectivity index (χ1n) is 8.04. The smallest absolute Gasteiger partial charge is 0.330 e. The Morgan fingerprint density at radius 3 is 2.35 bits per heavy atom. The predicted molar refractivity (Wildman–Crippen MR) is 92.6 cm³/mol. The van der Waals surface area contributed by atoms with E-state index in [0.717, 1.165) is 0 Å². The second-order valence-corrected chi connectivity index (χ2v) is 5.50. The summed E-state index contributed by atoms with van der Waals surface area (Å²) in [5.41, 5.74) is 0.382. The number of halogens is 1. The molecule has 0 aliphatic carbocycles. The van der Waals surface area contributed by atoms with Crippen molar-refractivity contribution in [1.82, 2.24) is 5.32 Å². The number of aliphatic carboxylic acids is 1. The number of carboxylic acids is 1. The Kier molecular flexibility index (Phi) is 6.54. The number of amides is 1. The Bertz CT molecular complexity index is 763. The summed E-state index contributed by atoms with van der Waals surface area (Å²) in [5, 5.41) is 11.9. The third kappa shape index (κ3) is 4.72. The molecule has 138 valence electrons. The fraction of sp³-hybridized carbons (Fsp3) is 0.263. The van der Waals surface area contributed by atoms with Crippen LogP contribution in [-0.4, -0.2) is 30.2 Å². The van der Waals surface area contributed by atoms with E-state index in [1.165, 1.54) is 25.3 Å². The maximum Gasteiger partial charge on any atom is 0.330 e. The highest BCUT2D eigenvalue weighted by Gasteiger charge is 2.27. The molecule has 0 aliphatic heterocycles. The fourth-order valence-corrected chi connectivity index (χ4v) is 2.34. The van der Waals surface area contributed by atoms with Crippen LogP contribution < -0.4 is 14.8 Å². The molecule has 0 radical (unpaired) electrons. The molecule has 0 fully saturated rings. The number of hydrogen-bond donors (Lipinski definition) is 2. The van der Waals surface area contributed by atoms with E-state index in [1.807, 2.05) is 0 Å². The molecule has 0 bridgehead atoms. The summed E-state index contributed by atoms with van der Waals surface area (Å²) in [6.45, 7) is 1.69. The van der Waals surface area contributed by atoms with Crippen LogP contribution in [-0.2, 0) is 9.59 Å². The molecule has 26 heavy (non-hydrogen) atoms. The summed E-state index contributed by atoms with van der Waals surface area (Å²) < 4.78 is 24.2. The van der Waals surface area contributed by atoms with Crippen LogP contribution in [0.25, 0.3) is 0 Å². The van der Waals surface area contributed by atoms with E-state index >= 15 is 0 Å². The number of carboxylic acid groups (broad SMARTS) is 1. The second kappa shape index (κ2) is 8.84. The Balaban J connectivity index is 2.14. The van der Waals surface area contributed by atoms with Crippen LogP contribution in [0.15, 0.2) is 48.5 Å². The lowest BCUT2D eigenvalue weighted by molar-refractivity contribution is -0.143. The molecule has 2 aromatic carbocycles. The highest BCUT2D eigenvalue weighted by atomic mass is 19.1. The fourth-order valence-electron chi connectivity index (χ4n) is 2.34. The van der Waals surface area contributed by atoms with Crippen molar-refractivity contribution in [2.24, 2.45) is 0 Å². The zero-order chi connectivity index (χ0) is 19.1. The number of hydrogen-bond acceptors (Lipinski definition) is 4. The van der Waals surface area contributed by atoms with Gasteiger partial charge in [0.25, 0.3) is 5.91 Å². The van der Waals surface area contributed by atoms with Gasteiger partial charge < -0.3 is 19.9 Å². The van der Waals surface area contributed by atoms with E-state index in [2.05, 4.69) is 5.32 Å². The molecular weight excluding hydrogens is 341 g/mol. The van der Waals surface area contributed by atoms with Crippen molar-refractivity contribution < 1.29 is 28.6 Å². The van der Waals surface area contributed by atoms with Crippen molar-refractivity contribution in [1.29, 1.82) is 0 Å². The third-order valence-corrected chi connectivity index (χ3v) is 3.75. The van der Waals surface area contributed by atoms with E-state index in [-0.39, 0.29) is 12.2 Å². The van der Waals surface area contributed by atoms with Gasteiger partial charge in [-0.3, -0.25) is 4.79 Å². The first kappa shape index (κ1) is 19.2. The summed E-state index contributed by atoms with van der Waals surface area (Å²) in [5.74, 6) is -1.95. The van der Waals surface area contributed by atoms with Crippen LogP contribution in [0.1, 0.15) is 24.9 Å². The van der Waals surface area contributed by atoms with Crippen LogP contribution in [0.3, 0.4) is 0 Å². The molecule has 0 spiro atoms. The minimum Gasteiger partial charge on any atom is -0.497 e. The van der Waals surface area contributed by atoms with E-state index in [1.54, 1.807) is 37.3 Å². The van der Waals surface area contributed by atoms with Crippen molar-refractivity contribution in [3.05, 3.63) is 59.9 Å². The van der Waals surface area contributed by atoms with E-state index < -0.39 is 29.8 Å². The first-order chi connectivity index (χ1) is 12.5. The first-order valence-corrected chi connectivity index (χ1v) is 8.04. The molecular formula is C19H20FNO5. The maximum atomic E-state index is 13.7. The SMILES string of the molecule is CCC(Oc1ccccc1F)C(=O)NC(C(=O)O)c1ccc(OC)cc1. The van der Waals surface area contributed by atoms with Gasteiger partial charge in [0.1, 0.15) is 5.75 Å². The number of methoxy groups -OCH3 is 1. The standard InChI is InChI=1S/C19H20FNO5/c1-3-15(26-16-7-5-4-6-14(16)20)18(22)21-17(19(23)24)12-8-10-13(25-2)11-9-12/h4-11,15,17H,3H2,1-2H3,(H,21,22)(H,23,24). The Morgan fingerprint density at radius 1 is 1.15 bits per heavy atom. The van der Waals surface area contributed by atoms with Gasteiger partial charge in [-0.15, -0.1) is 0 Å². The van der Waals surface area contributed by atoms with Crippen molar-refractivity contribution >= 4 is 11.9 Å². The minimum atomic E-state index is -1.26. The lowest BCUT2D eigenvalue weighted by atomic mass is 10.1. The van der Waals surface area contributed by atoms with Crippen LogP contribution in [0.5, 0.6) is 11.5 Å². The molecule has 0 heterocycles. The Hall–Kier alpha value is -3.09. The molecule has 7 heteroatoms. The molecule has 0 saturated carbocycles. The van der Waals surface area contributed by atoms with Crippen molar-refractivity contribution in [3.63, 3.8) is 0 Å². The number of ether oxygens (including phenoxy) is 2. The lowest BCUT2D eigenvalue weighted by Crippen LogP contribution is -2.42. The molecule has 2 rings (SSSR count). The summed E-state index contributed by atoms with van der Waals surface area (Å²) >= 11 is 0. The summed E-state index contributed by atoms with van der Waals surface area (Å²) in [6, 6.07) is 10.8. The number of benzene rings is 2. The van der Waals surface area contributed by atoms with Gasteiger partial charge in [-0.2, -0.15) is 0 Å². The molecule has 1 amide bonds. The number of carbonyl (C=O) groups excluding carboxylic acids is 1. The molecule has 2 aromatic rings. The quantitative estimate of drug-likeness (QED) is 0.755. The van der Waals surface area contributed by atoms with Crippen molar-refractivity contribution in [2.75, 3.05) is 7.11 Å². The van der Waals surface area contributed by atoms with Gasteiger partial charge in [0.15, 0.2) is 23.7 Å². The van der Waals surface area contributed by atoms with Crippen molar-refractivity contribution in [2.45, 2.75) is 25.5 Å². The zero-order valence-corrected chi connectivity index (χ0v) is 14.4. The molecule has 0 aliphatic rings. The van der Waals surface area contributed by atoms with E-state index in [4.69, 9.17) is 9.47 Å². The van der Waals surface area contributed by atoms with Gasteiger partial charge in [-0.25, -0.2) is 9.18 Å². The highest BCUT2D eigenvalue weighted by Crippen LogP contribution is 2.21. The molecule has 2 atom stereocenters.